The number of piperidine rings is 1. The average molecular weight is 234 g/mol. The molecule has 1 aromatic carbocycles. The summed E-state index contributed by atoms with van der Waals surface area (Å²) in [5, 5.41) is 6.05. The highest BCUT2D eigenvalue weighted by molar-refractivity contribution is 5.82. The van der Waals surface area contributed by atoms with Gasteiger partial charge in [-0.25, -0.2) is 0 Å². The number of rotatable bonds is 5. The van der Waals surface area contributed by atoms with Crippen molar-refractivity contribution in [2.75, 3.05) is 19.7 Å². The molecule has 0 spiro atoms. The normalized spacial score (nSPS) is 19.8. The number of amides is 1. The fourth-order valence-corrected chi connectivity index (χ4v) is 1.89. The molecule has 4 heteroatoms. The SMILES string of the molecule is O=C1NCCCC1NCCOc1ccccc1. The highest BCUT2D eigenvalue weighted by atomic mass is 16.5. The van der Waals surface area contributed by atoms with E-state index in [4.69, 9.17) is 4.74 Å². The van der Waals surface area contributed by atoms with Gasteiger partial charge >= 0.3 is 0 Å². The zero-order chi connectivity index (χ0) is 11.9. The molecule has 1 amide bonds. The predicted octanol–water partition coefficient (Wildman–Crippen LogP) is 0.934. The van der Waals surface area contributed by atoms with E-state index in [1.165, 1.54) is 0 Å². The van der Waals surface area contributed by atoms with Crippen molar-refractivity contribution < 1.29 is 9.53 Å². The van der Waals surface area contributed by atoms with Gasteiger partial charge in [0.2, 0.25) is 5.91 Å². The Morgan fingerprint density at radius 2 is 2.18 bits per heavy atom. The summed E-state index contributed by atoms with van der Waals surface area (Å²) in [6.07, 6.45) is 1.96. The first kappa shape index (κ1) is 11.9. The van der Waals surface area contributed by atoms with Crippen molar-refractivity contribution in [2.45, 2.75) is 18.9 Å². The quantitative estimate of drug-likeness (QED) is 0.745. The molecule has 0 bridgehead atoms. The van der Waals surface area contributed by atoms with E-state index in [0.29, 0.717) is 13.2 Å². The summed E-state index contributed by atoms with van der Waals surface area (Å²) in [7, 11) is 0. The molecule has 2 rings (SSSR count). The second-order valence-electron chi connectivity index (χ2n) is 4.10. The van der Waals surface area contributed by atoms with Crippen LogP contribution in [0.4, 0.5) is 0 Å². The summed E-state index contributed by atoms with van der Waals surface area (Å²) < 4.78 is 5.54. The molecule has 0 radical (unpaired) electrons. The van der Waals surface area contributed by atoms with Crippen molar-refractivity contribution in [3.05, 3.63) is 30.3 Å². The minimum atomic E-state index is -0.0527. The monoisotopic (exact) mass is 234 g/mol. The summed E-state index contributed by atoms with van der Waals surface area (Å²) in [5.41, 5.74) is 0. The van der Waals surface area contributed by atoms with Crippen molar-refractivity contribution in [1.82, 2.24) is 10.6 Å². The van der Waals surface area contributed by atoms with Crippen LogP contribution in [0, 0.1) is 0 Å². The first-order chi connectivity index (χ1) is 8.36. The molecule has 1 atom stereocenters. The topological polar surface area (TPSA) is 50.4 Å². The number of carbonyl (C=O) groups excluding carboxylic acids is 1. The highest BCUT2D eigenvalue weighted by Gasteiger charge is 2.20. The van der Waals surface area contributed by atoms with Gasteiger partial charge in [-0.3, -0.25) is 4.79 Å². The lowest BCUT2D eigenvalue weighted by Crippen LogP contribution is -2.49. The third-order valence-corrected chi connectivity index (χ3v) is 2.79. The van der Waals surface area contributed by atoms with Crippen molar-refractivity contribution in [3.63, 3.8) is 0 Å². The Kier molecular flexibility index (Phi) is 4.38. The van der Waals surface area contributed by atoms with Gasteiger partial charge in [0.25, 0.3) is 0 Å². The molecule has 0 aliphatic carbocycles. The molecule has 92 valence electrons. The predicted molar refractivity (Wildman–Crippen MR) is 66.0 cm³/mol. The van der Waals surface area contributed by atoms with E-state index in [1.54, 1.807) is 0 Å². The number of carbonyl (C=O) groups is 1. The molecule has 2 N–H and O–H groups in total. The lowest BCUT2D eigenvalue weighted by molar-refractivity contribution is -0.124. The van der Waals surface area contributed by atoms with Gasteiger partial charge in [0, 0.05) is 13.1 Å². The maximum Gasteiger partial charge on any atom is 0.237 e. The zero-order valence-electron chi connectivity index (χ0n) is 9.82. The van der Waals surface area contributed by atoms with Gasteiger partial charge in [0.15, 0.2) is 0 Å². The van der Waals surface area contributed by atoms with E-state index in [1.807, 2.05) is 30.3 Å². The van der Waals surface area contributed by atoms with Crippen LogP contribution in [0.15, 0.2) is 30.3 Å². The van der Waals surface area contributed by atoms with Crippen molar-refractivity contribution in [1.29, 1.82) is 0 Å². The van der Waals surface area contributed by atoms with Crippen LogP contribution in [-0.2, 0) is 4.79 Å². The molecule has 1 unspecified atom stereocenters. The number of ether oxygens (including phenoxy) is 1. The number of para-hydroxylation sites is 1. The van der Waals surface area contributed by atoms with Crippen LogP contribution in [0.25, 0.3) is 0 Å². The summed E-state index contributed by atoms with van der Waals surface area (Å²) in [6, 6.07) is 9.63. The van der Waals surface area contributed by atoms with Crippen LogP contribution in [0.3, 0.4) is 0 Å². The van der Waals surface area contributed by atoms with Gasteiger partial charge in [-0.1, -0.05) is 18.2 Å². The Hall–Kier alpha value is -1.55. The summed E-state index contributed by atoms with van der Waals surface area (Å²) in [6.45, 7) is 2.07. The number of benzene rings is 1. The Morgan fingerprint density at radius 1 is 1.35 bits per heavy atom. The average Bonchev–Trinajstić information content (AvgIpc) is 2.38. The van der Waals surface area contributed by atoms with E-state index in [-0.39, 0.29) is 11.9 Å². The maximum atomic E-state index is 11.4. The van der Waals surface area contributed by atoms with E-state index in [2.05, 4.69) is 10.6 Å². The van der Waals surface area contributed by atoms with Gasteiger partial charge in [-0.05, 0) is 25.0 Å². The van der Waals surface area contributed by atoms with Gasteiger partial charge in [-0.2, -0.15) is 0 Å². The third-order valence-electron chi connectivity index (χ3n) is 2.79. The third kappa shape index (κ3) is 3.75. The zero-order valence-corrected chi connectivity index (χ0v) is 9.82. The van der Waals surface area contributed by atoms with Gasteiger partial charge in [-0.15, -0.1) is 0 Å². The van der Waals surface area contributed by atoms with Crippen LogP contribution < -0.4 is 15.4 Å². The van der Waals surface area contributed by atoms with Crippen LogP contribution in [0.5, 0.6) is 5.75 Å². The molecule has 1 fully saturated rings. The second kappa shape index (κ2) is 6.25. The molecule has 1 saturated heterocycles. The van der Waals surface area contributed by atoms with Crippen molar-refractivity contribution in [2.24, 2.45) is 0 Å². The van der Waals surface area contributed by atoms with Gasteiger partial charge in [0.05, 0.1) is 6.04 Å². The Labute approximate surface area is 101 Å². The van der Waals surface area contributed by atoms with Crippen LogP contribution in [-0.4, -0.2) is 31.6 Å². The maximum absolute atomic E-state index is 11.4. The molecule has 0 aromatic heterocycles. The van der Waals surface area contributed by atoms with Crippen LogP contribution >= 0.6 is 0 Å². The minimum Gasteiger partial charge on any atom is -0.492 e. The van der Waals surface area contributed by atoms with Gasteiger partial charge in [0.1, 0.15) is 12.4 Å². The summed E-state index contributed by atoms with van der Waals surface area (Å²) in [5.74, 6) is 0.971. The van der Waals surface area contributed by atoms with Crippen molar-refractivity contribution >= 4 is 5.91 Å². The van der Waals surface area contributed by atoms with Gasteiger partial charge < -0.3 is 15.4 Å². The number of hydrogen-bond donors (Lipinski definition) is 2. The smallest absolute Gasteiger partial charge is 0.237 e. The van der Waals surface area contributed by atoms with E-state index >= 15 is 0 Å². The molecule has 1 aromatic rings. The molecule has 1 aliphatic rings. The Bertz CT molecular complexity index is 354. The first-order valence-electron chi connectivity index (χ1n) is 6.05. The number of nitrogens with one attached hydrogen (secondary N) is 2. The molecule has 17 heavy (non-hydrogen) atoms. The van der Waals surface area contributed by atoms with E-state index < -0.39 is 0 Å². The second-order valence-corrected chi connectivity index (χ2v) is 4.10. The van der Waals surface area contributed by atoms with E-state index in [9.17, 15) is 4.79 Å². The number of hydrogen-bond acceptors (Lipinski definition) is 3. The molecule has 4 nitrogen and oxygen atoms in total. The first-order valence-corrected chi connectivity index (χ1v) is 6.05. The summed E-state index contributed by atoms with van der Waals surface area (Å²) >= 11 is 0. The lowest BCUT2D eigenvalue weighted by Gasteiger charge is -2.22. The Morgan fingerprint density at radius 3 is 2.94 bits per heavy atom. The fraction of sp³-hybridized carbons (Fsp3) is 0.462. The van der Waals surface area contributed by atoms with Crippen LogP contribution in [0.2, 0.25) is 0 Å². The molecule has 1 heterocycles. The fourth-order valence-electron chi connectivity index (χ4n) is 1.89. The highest BCUT2D eigenvalue weighted by Crippen LogP contribution is 2.07. The van der Waals surface area contributed by atoms with E-state index in [0.717, 1.165) is 25.1 Å². The molecular weight excluding hydrogens is 216 g/mol. The summed E-state index contributed by atoms with van der Waals surface area (Å²) in [4.78, 5) is 11.4. The molecular formula is C13H18N2O2. The Balaban J connectivity index is 1.64. The molecule has 1 aliphatic heterocycles. The minimum absolute atomic E-state index is 0.0527. The largest absolute Gasteiger partial charge is 0.492 e. The van der Waals surface area contributed by atoms with Crippen LogP contribution in [0.1, 0.15) is 12.8 Å². The van der Waals surface area contributed by atoms with Crippen molar-refractivity contribution in [3.8, 4) is 5.75 Å². The standard InChI is InChI=1S/C13H18N2O2/c16-13-12(7-4-8-15-13)14-9-10-17-11-5-2-1-3-6-11/h1-3,5-6,12,14H,4,7-10H2,(H,15,16). The molecule has 0 saturated carbocycles. The lowest BCUT2D eigenvalue weighted by atomic mass is 10.1.